The van der Waals surface area contributed by atoms with Gasteiger partial charge in [-0.2, -0.15) is 0 Å². The monoisotopic (exact) mass is 458 g/mol. The Morgan fingerprint density at radius 1 is 1.52 bits per heavy atom. The topological polar surface area (TPSA) is 201 Å². The maximum Gasteiger partial charge on any atom is 0.432 e. The van der Waals surface area contributed by atoms with E-state index in [0.29, 0.717) is 5.69 Å². The van der Waals surface area contributed by atoms with Gasteiger partial charge in [-0.15, -0.1) is 0 Å². The van der Waals surface area contributed by atoms with E-state index < -0.39 is 56.0 Å². The molecule has 1 amide bonds. The standard InChI is InChI=1S/C16H23N6O8P/c1-17-10(4-9-6-18-8-19-9)15(25)21-31(27,28)29-7-12-11(23)5-14(30-12)22-3-2-13(24)20-16(22)26/h2-3,6,8,10-12,14,17,23H,4-5,7H2,1H3,(H,18,19)(H,20,24,26)(H2,21,25,27,28)/t10-,11-,12+,14+/m0/s1. The average Bonchev–Trinajstić information content (AvgIpc) is 3.33. The van der Waals surface area contributed by atoms with E-state index in [1.807, 2.05) is 5.09 Å². The molecule has 14 nitrogen and oxygen atoms in total. The smallest absolute Gasteiger partial charge is 0.390 e. The molecule has 6 N–H and O–H groups in total. The van der Waals surface area contributed by atoms with Crippen LogP contribution in [-0.2, 0) is 25.0 Å². The van der Waals surface area contributed by atoms with Crippen LogP contribution in [0.15, 0.2) is 34.4 Å². The Morgan fingerprint density at radius 3 is 2.94 bits per heavy atom. The summed E-state index contributed by atoms with van der Waals surface area (Å²) in [6, 6.07) is 0.300. The fourth-order valence-electron chi connectivity index (χ4n) is 3.06. The lowest BCUT2D eigenvalue weighted by Gasteiger charge is -2.21. The summed E-state index contributed by atoms with van der Waals surface area (Å²) in [5.74, 6) is -0.770. The Hall–Kier alpha value is -2.61. The number of rotatable bonds is 9. The summed E-state index contributed by atoms with van der Waals surface area (Å²) in [6.45, 7) is -0.519. The van der Waals surface area contributed by atoms with Gasteiger partial charge in [0.2, 0.25) is 5.91 Å². The second-order valence-corrected chi connectivity index (χ2v) is 8.39. The van der Waals surface area contributed by atoms with Crippen LogP contribution in [-0.4, -0.2) is 67.3 Å². The molecule has 1 aliphatic heterocycles. The van der Waals surface area contributed by atoms with Gasteiger partial charge in [0.25, 0.3) is 5.56 Å². The molecule has 0 bridgehead atoms. The summed E-state index contributed by atoms with van der Waals surface area (Å²) >= 11 is 0. The fraction of sp³-hybridized carbons (Fsp3) is 0.500. The van der Waals surface area contributed by atoms with Crippen molar-refractivity contribution in [1.29, 1.82) is 0 Å². The fourth-order valence-corrected chi connectivity index (χ4v) is 3.90. The summed E-state index contributed by atoms with van der Waals surface area (Å²) in [6.07, 6.45) is 1.34. The van der Waals surface area contributed by atoms with E-state index in [-0.39, 0.29) is 12.8 Å². The zero-order chi connectivity index (χ0) is 22.6. The molecule has 3 rings (SSSR count). The van der Waals surface area contributed by atoms with Gasteiger partial charge in [-0.3, -0.25) is 28.8 Å². The van der Waals surface area contributed by atoms with Crippen LogP contribution >= 0.6 is 7.75 Å². The molecule has 1 saturated heterocycles. The molecular formula is C16H23N6O8P. The van der Waals surface area contributed by atoms with Crippen LogP contribution in [0.1, 0.15) is 18.3 Å². The maximum atomic E-state index is 12.3. The first-order valence-corrected chi connectivity index (χ1v) is 10.8. The number of nitrogens with one attached hydrogen (secondary N) is 4. The van der Waals surface area contributed by atoms with Gasteiger partial charge < -0.3 is 25.0 Å². The normalized spacial score (nSPS) is 23.9. The molecule has 0 spiro atoms. The van der Waals surface area contributed by atoms with Crippen molar-refractivity contribution in [2.24, 2.45) is 0 Å². The highest BCUT2D eigenvalue weighted by Crippen LogP contribution is 2.39. The molecule has 0 radical (unpaired) electrons. The second-order valence-electron chi connectivity index (χ2n) is 6.86. The van der Waals surface area contributed by atoms with E-state index in [0.717, 1.165) is 10.6 Å². The molecule has 1 aliphatic rings. The third-order valence-electron chi connectivity index (χ3n) is 4.67. The average molecular weight is 458 g/mol. The zero-order valence-electron chi connectivity index (χ0n) is 16.4. The van der Waals surface area contributed by atoms with Crippen molar-refractivity contribution in [2.75, 3.05) is 13.7 Å². The van der Waals surface area contributed by atoms with Gasteiger partial charge in [0.05, 0.1) is 25.1 Å². The number of aromatic amines is 2. The Kier molecular flexibility index (Phi) is 7.20. The van der Waals surface area contributed by atoms with Crippen molar-refractivity contribution >= 4 is 13.7 Å². The van der Waals surface area contributed by atoms with Crippen LogP contribution in [0.2, 0.25) is 0 Å². The molecule has 3 heterocycles. The molecule has 31 heavy (non-hydrogen) atoms. The number of aliphatic hydroxyl groups is 1. The van der Waals surface area contributed by atoms with Crippen molar-refractivity contribution in [2.45, 2.75) is 37.3 Å². The number of carbonyl (C=O) groups is 1. The van der Waals surface area contributed by atoms with Gasteiger partial charge in [-0.25, -0.2) is 14.3 Å². The summed E-state index contributed by atoms with van der Waals surface area (Å²) in [5, 5.41) is 14.8. The second kappa shape index (κ2) is 9.68. The number of carbonyl (C=O) groups excluding carboxylic acids is 1. The first kappa shape index (κ1) is 23.1. The van der Waals surface area contributed by atoms with E-state index >= 15 is 0 Å². The van der Waals surface area contributed by atoms with Crippen molar-refractivity contribution in [3.8, 4) is 0 Å². The Labute approximate surface area is 175 Å². The number of aliphatic hydroxyl groups excluding tert-OH is 1. The lowest BCUT2D eigenvalue weighted by molar-refractivity contribution is -0.121. The molecule has 2 aromatic heterocycles. The van der Waals surface area contributed by atoms with Crippen LogP contribution in [0, 0.1) is 0 Å². The van der Waals surface area contributed by atoms with Crippen molar-refractivity contribution in [3.05, 3.63) is 51.3 Å². The summed E-state index contributed by atoms with van der Waals surface area (Å²) in [5.41, 5.74) is -0.653. The van der Waals surface area contributed by atoms with Crippen LogP contribution in [0.25, 0.3) is 0 Å². The molecule has 5 atom stereocenters. The highest BCUT2D eigenvalue weighted by molar-refractivity contribution is 7.51. The van der Waals surface area contributed by atoms with E-state index in [4.69, 9.17) is 9.26 Å². The third kappa shape index (κ3) is 5.97. The van der Waals surface area contributed by atoms with E-state index in [1.165, 1.54) is 25.8 Å². The largest absolute Gasteiger partial charge is 0.432 e. The van der Waals surface area contributed by atoms with Gasteiger partial charge >= 0.3 is 13.4 Å². The molecule has 1 fully saturated rings. The minimum absolute atomic E-state index is 0.00588. The molecule has 2 aromatic rings. The third-order valence-corrected chi connectivity index (χ3v) is 5.68. The number of amides is 1. The van der Waals surface area contributed by atoms with Crippen LogP contribution in [0.5, 0.6) is 0 Å². The number of hydrogen-bond acceptors (Lipinski definition) is 9. The van der Waals surface area contributed by atoms with Crippen molar-refractivity contribution in [3.63, 3.8) is 0 Å². The predicted molar refractivity (Wildman–Crippen MR) is 105 cm³/mol. The molecular weight excluding hydrogens is 435 g/mol. The van der Waals surface area contributed by atoms with Gasteiger partial charge in [0.15, 0.2) is 0 Å². The highest BCUT2D eigenvalue weighted by Gasteiger charge is 2.38. The number of H-pyrrole nitrogens is 2. The predicted octanol–water partition coefficient (Wildman–Crippen LogP) is -2.03. The Morgan fingerprint density at radius 2 is 2.29 bits per heavy atom. The van der Waals surface area contributed by atoms with E-state index in [9.17, 15) is 28.9 Å². The quantitative estimate of drug-likeness (QED) is 0.228. The van der Waals surface area contributed by atoms with Gasteiger partial charge in [-0.1, -0.05) is 0 Å². The molecule has 0 saturated carbocycles. The molecule has 1 unspecified atom stereocenters. The summed E-state index contributed by atoms with van der Waals surface area (Å²) in [7, 11) is -3.05. The van der Waals surface area contributed by atoms with E-state index in [2.05, 4.69) is 20.3 Å². The summed E-state index contributed by atoms with van der Waals surface area (Å²) in [4.78, 5) is 54.1. The molecule has 0 aromatic carbocycles. The molecule has 170 valence electrons. The maximum absolute atomic E-state index is 12.3. The van der Waals surface area contributed by atoms with E-state index in [1.54, 1.807) is 0 Å². The van der Waals surface area contributed by atoms with Gasteiger partial charge in [-0.05, 0) is 7.05 Å². The first-order chi connectivity index (χ1) is 14.7. The van der Waals surface area contributed by atoms with Gasteiger partial charge in [0.1, 0.15) is 12.3 Å². The highest BCUT2D eigenvalue weighted by atomic mass is 31.2. The van der Waals surface area contributed by atoms with Crippen molar-refractivity contribution < 1.29 is 28.6 Å². The minimum atomic E-state index is -4.56. The lowest BCUT2D eigenvalue weighted by atomic mass is 10.1. The Bertz CT molecular complexity index is 1050. The zero-order valence-corrected chi connectivity index (χ0v) is 17.3. The van der Waals surface area contributed by atoms with Crippen LogP contribution in [0.4, 0.5) is 0 Å². The first-order valence-electron chi connectivity index (χ1n) is 9.27. The Balaban J connectivity index is 1.55. The lowest BCUT2D eigenvalue weighted by Crippen LogP contribution is -2.43. The number of ether oxygens (including phenoxy) is 1. The van der Waals surface area contributed by atoms with Crippen LogP contribution < -0.4 is 21.7 Å². The number of aromatic nitrogens is 4. The summed E-state index contributed by atoms with van der Waals surface area (Å²) < 4.78 is 23.8. The van der Waals surface area contributed by atoms with Crippen molar-refractivity contribution in [1.82, 2.24) is 29.9 Å². The number of imidazole rings is 1. The molecule has 0 aliphatic carbocycles. The number of hydrogen-bond donors (Lipinski definition) is 6. The SMILES string of the molecule is CN[C@@H](Cc1cnc[nH]1)C(=O)NP(=O)(O)OC[C@H]1O[C@@H](n2ccc(=O)[nH]c2=O)C[C@@H]1O. The van der Waals surface area contributed by atoms with Gasteiger partial charge in [0, 0.05) is 37.0 Å². The number of likely N-dealkylation sites (N-methyl/N-ethyl adjacent to an activating group) is 1. The molecule has 15 heteroatoms. The number of nitrogens with zero attached hydrogens (tertiary/aromatic N) is 2. The van der Waals surface area contributed by atoms with Crippen LogP contribution in [0.3, 0.4) is 0 Å². The minimum Gasteiger partial charge on any atom is -0.390 e.